The minimum atomic E-state index is -0.772. The molecular weight excluding hydrogens is 410 g/mol. The Morgan fingerprint density at radius 3 is 2.25 bits per heavy atom. The van der Waals surface area contributed by atoms with Gasteiger partial charge in [-0.2, -0.15) is 0 Å². The molecule has 0 fully saturated rings. The number of nitro benzene ring substituents is 1. The van der Waals surface area contributed by atoms with Gasteiger partial charge in [0.1, 0.15) is 11.3 Å². The molecule has 1 aliphatic rings. The fourth-order valence-corrected chi connectivity index (χ4v) is 4.37. The predicted octanol–water partition coefficient (Wildman–Crippen LogP) is 3.98. The summed E-state index contributed by atoms with van der Waals surface area (Å²) in [6.45, 7) is 1.89. The van der Waals surface area contributed by atoms with E-state index in [1.165, 1.54) is 6.07 Å². The fourth-order valence-electron chi connectivity index (χ4n) is 4.37. The van der Waals surface area contributed by atoms with E-state index in [0.29, 0.717) is 12.0 Å². The number of nitrogens with two attached hydrogens (primary N) is 2. The van der Waals surface area contributed by atoms with Crippen LogP contribution in [0.25, 0.3) is 0 Å². The molecule has 32 heavy (non-hydrogen) atoms. The summed E-state index contributed by atoms with van der Waals surface area (Å²) in [7, 11) is 0. The van der Waals surface area contributed by atoms with Gasteiger partial charge < -0.3 is 16.6 Å². The SMILES string of the molecule is CC(CCc1ccccc1)c1c(N)cc(N)c2c1C(=O)c1c(O)ccc([N+](=O)[O-])c1C2=O. The van der Waals surface area contributed by atoms with Gasteiger partial charge in [0, 0.05) is 23.0 Å². The van der Waals surface area contributed by atoms with Crippen molar-refractivity contribution < 1.29 is 19.6 Å². The number of hydrogen-bond acceptors (Lipinski definition) is 7. The lowest BCUT2D eigenvalue weighted by atomic mass is 9.76. The van der Waals surface area contributed by atoms with Gasteiger partial charge in [0.2, 0.25) is 5.78 Å². The van der Waals surface area contributed by atoms with Crippen molar-refractivity contribution in [3.63, 3.8) is 0 Å². The third kappa shape index (κ3) is 3.26. The van der Waals surface area contributed by atoms with Gasteiger partial charge in [0.05, 0.1) is 16.1 Å². The lowest BCUT2D eigenvalue weighted by molar-refractivity contribution is -0.385. The molecular formula is C24H21N3O5. The third-order valence-electron chi connectivity index (χ3n) is 5.90. The molecule has 0 aliphatic heterocycles. The second kappa shape index (κ2) is 7.81. The molecule has 0 bridgehead atoms. The summed E-state index contributed by atoms with van der Waals surface area (Å²) in [5, 5.41) is 21.8. The summed E-state index contributed by atoms with van der Waals surface area (Å²) >= 11 is 0. The Bertz CT molecular complexity index is 1280. The Balaban J connectivity index is 1.87. The summed E-state index contributed by atoms with van der Waals surface area (Å²) in [4.78, 5) is 37.6. The Kier molecular flexibility index (Phi) is 5.14. The lowest BCUT2D eigenvalue weighted by Crippen LogP contribution is -2.26. The minimum Gasteiger partial charge on any atom is -0.507 e. The van der Waals surface area contributed by atoms with Crippen molar-refractivity contribution in [2.45, 2.75) is 25.7 Å². The highest BCUT2D eigenvalue weighted by Gasteiger charge is 2.41. The molecule has 0 spiro atoms. The molecule has 0 saturated carbocycles. The maximum absolute atomic E-state index is 13.5. The molecule has 3 aromatic carbocycles. The number of benzene rings is 3. The number of aromatic hydroxyl groups is 1. The van der Waals surface area contributed by atoms with Gasteiger partial charge in [0.25, 0.3) is 5.69 Å². The van der Waals surface area contributed by atoms with Crippen LogP contribution in [0.1, 0.15) is 62.2 Å². The van der Waals surface area contributed by atoms with Crippen molar-refractivity contribution >= 4 is 28.6 Å². The molecule has 1 unspecified atom stereocenters. The Morgan fingerprint density at radius 1 is 0.938 bits per heavy atom. The Morgan fingerprint density at radius 2 is 1.59 bits per heavy atom. The molecule has 0 radical (unpaired) electrons. The number of nitrogen functional groups attached to an aromatic ring is 2. The molecule has 1 aliphatic carbocycles. The van der Waals surface area contributed by atoms with Crippen LogP contribution in [0.3, 0.4) is 0 Å². The average Bonchev–Trinajstić information content (AvgIpc) is 2.75. The van der Waals surface area contributed by atoms with Gasteiger partial charge in [-0.3, -0.25) is 19.7 Å². The van der Waals surface area contributed by atoms with Crippen LogP contribution in [0.15, 0.2) is 48.5 Å². The molecule has 162 valence electrons. The molecule has 5 N–H and O–H groups in total. The van der Waals surface area contributed by atoms with Gasteiger partial charge >= 0.3 is 0 Å². The standard InChI is InChI=1S/C24H21N3O5/c1-12(7-8-13-5-3-2-4-6-13)18-14(25)11-15(26)19-22(18)24(30)21-17(28)10-9-16(27(31)32)20(21)23(19)29/h2-6,9-12,28H,7-8,25-26H2,1H3. The van der Waals surface area contributed by atoms with E-state index in [0.717, 1.165) is 24.1 Å². The maximum atomic E-state index is 13.5. The normalized spacial score (nSPS) is 13.4. The van der Waals surface area contributed by atoms with Crippen LogP contribution >= 0.6 is 0 Å². The molecule has 0 saturated heterocycles. The zero-order chi connectivity index (χ0) is 23.2. The molecule has 0 amide bonds. The number of hydrogen-bond donors (Lipinski definition) is 3. The number of fused-ring (bicyclic) bond motifs is 2. The summed E-state index contributed by atoms with van der Waals surface area (Å²) < 4.78 is 0. The van der Waals surface area contributed by atoms with Crippen LogP contribution < -0.4 is 11.5 Å². The number of carbonyl (C=O) groups excluding carboxylic acids is 2. The number of rotatable bonds is 5. The van der Waals surface area contributed by atoms with Crippen molar-refractivity contribution in [1.29, 1.82) is 0 Å². The molecule has 8 nitrogen and oxygen atoms in total. The zero-order valence-corrected chi connectivity index (χ0v) is 17.3. The monoisotopic (exact) mass is 431 g/mol. The highest BCUT2D eigenvalue weighted by Crippen LogP contribution is 2.44. The van der Waals surface area contributed by atoms with Crippen LogP contribution in [0, 0.1) is 10.1 Å². The number of nitrogens with zero attached hydrogens (tertiary/aromatic N) is 1. The van der Waals surface area contributed by atoms with E-state index in [1.54, 1.807) is 0 Å². The number of carbonyl (C=O) groups is 2. The van der Waals surface area contributed by atoms with Gasteiger partial charge in [0.15, 0.2) is 5.78 Å². The molecule has 8 heteroatoms. The summed E-state index contributed by atoms with van der Waals surface area (Å²) in [5.74, 6) is -2.19. The Labute approximate surface area is 183 Å². The van der Waals surface area contributed by atoms with E-state index in [-0.39, 0.29) is 28.4 Å². The summed E-state index contributed by atoms with van der Waals surface area (Å²) in [6.07, 6.45) is 1.36. The van der Waals surface area contributed by atoms with Gasteiger partial charge in [-0.25, -0.2) is 0 Å². The minimum absolute atomic E-state index is 0.0105. The number of ketones is 2. The van der Waals surface area contributed by atoms with Gasteiger partial charge in [-0.05, 0) is 42.0 Å². The first-order chi connectivity index (χ1) is 15.2. The second-order valence-electron chi connectivity index (χ2n) is 7.91. The molecule has 1 atom stereocenters. The second-order valence-corrected chi connectivity index (χ2v) is 7.91. The first-order valence-electron chi connectivity index (χ1n) is 10.1. The van der Waals surface area contributed by atoms with E-state index >= 15 is 0 Å². The highest BCUT2D eigenvalue weighted by molar-refractivity contribution is 6.33. The highest BCUT2D eigenvalue weighted by atomic mass is 16.6. The van der Waals surface area contributed by atoms with Crippen LogP contribution in [-0.2, 0) is 6.42 Å². The van der Waals surface area contributed by atoms with Crippen LogP contribution in [0.5, 0.6) is 5.75 Å². The molecule has 3 aromatic rings. The zero-order valence-electron chi connectivity index (χ0n) is 17.3. The number of phenolic OH excluding ortho intramolecular Hbond substituents is 1. The van der Waals surface area contributed by atoms with E-state index < -0.39 is 39.1 Å². The van der Waals surface area contributed by atoms with Gasteiger partial charge in [-0.15, -0.1) is 0 Å². The quantitative estimate of drug-likeness (QED) is 0.246. The first-order valence-corrected chi connectivity index (χ1v) is 10.1. The van der Waals surface area contributed by atoms with Crippen molar-refractivity contribution in [1.82, 2.24) is 0 Å². The van der Waals surface area contributed by atoms with Crippen molar-refractivity contribution in [2.24, 2.45) is 0 Å². The summed E-state index contributed by atoms with van der Waals surface area (Å²) in [6, 6.07) is 13.3. The average molecular weight is 431 g/mol. The lowest BCUT2D eigenvalue weighted by Gasteiger charge is -2.26. The van der Waals surface area contributed by atoms with Crippen LogP contribution in [0.2, 0.25) is 0 Å². The molecule has 4 rings (SSSR count). The van der Waals surface area contributed by atoms with Crippen LogP contribution in [-0.4, -0.2) is 21.6 Å². The van der Waals surface area contributed by atoms with E-state index in [4.69, 9.17) is 11.5 Å². The van der Waals surface area contributed by atoms with Gasteiger partial charge in [-0.1, -0.05) is 37.3 Å². The van der Waals surface area contributed by atoms with E-state index in [9.17, 15) is 24.8 Å². The number of phenols is 1. The number of anilines is 2. The number of nitro groups is 1. The Hall–Kier alpha value is -4.20. The predicted molar refractivity (Wildman–Crippen MR) is 120 cm³/mol. The van der Waals surface area contributed by atoms with Crippen molar-refractivity contribution in [3.05, 3.63) is 92.0 Å². The van der Waals surface area contributed by atoms with Crippen molar-refractivity contribution in [3.8, 4) is 5.75 Å². The fraction of sp³-hybridized carbons (Fsp3) is 0.167. The maximum Gasteiger partial charge on any atom is 0.281 e. The molecule has 0 heterocycles. The topological polar surface area (TPSA) is 150 Å². The first kappa shape index (κ1) is 21.0. The smallest absolute Gasteiger partial charge is 0.281 e. The van der Waals surface area contributed by atoms with Crippen LogP contribution in [0.4, 0.5) is 17.1 Å². The third-order valence-corrected chi connectivity index (χ3v) is 5.90. The largest absolute Gasteiger partial charge is 0.507 e. The van der Waals surface area contributed by atoms with Crippen molar-refractivity contribution in [2.75, 3.05) is 11.5 Å². The van der Waals surface area contributed by atoms with E-state index in [2.05, 4.69) is 0 Å². The summed E-state index contributed by atoms with van der Waals surface area (Å²) in [5.41, 5.74) is 12.6. The van der Waals surface area contributed by atoms with E-state index in [1.807, 2.05) is 37.3 Å². The molecule has 0 aromatic heterocycles. The number of aryl methyl sites for hydroxylation is 1.